The first-order chi connectivity index (χ1) is 16.5. The van der Waals surface area contributed by atoms with Crippen LogP contribution in [0.5, 0.6) is 0 Å². The van der Waals surface area contributed by atoms with Gasteiger partial charge in [0.05, 0.1) is 6.10 Å². The fourth-order valence-electron chi connectivity index (χ4n) is 10.2. The summed E-state index contributed by atoms with van der Waals surface area (Å²) in [7, 11) is -1.54. The number of rotatable bonds is 7. The first-order valence-electron chi connectivity index (χ1n) is 15.6. The summed E-state index contributed by atoms with van der Waals surface area (Å²) < 4.78 is 6.84. The third-order valence-corrected chi connectivity index (χ3v) is 13.7. The second-order valence-corrected chi connectivity index (χ2v) is 20.7. The summed E-state index contributed by atoms with van der Waals surface area (Å²) in [5.41, 5.74) is 6.79. The molecule has 206 valence electrons. The van der Waals surface area contributed by atoms with Crippen molar-refractivity contribution >= 4 is 8.32 Å². The first-order valence-corrected chi connectivity index (χ1v) is 19.0. The summed E-state index contributed by atoms with van der Waals surface area (Å²) in [4.78, 5) is 0. The number of hydrogen-bond acceptors (Lipinski definition) is 1. The van der Waals surface area contributed by atoms with Crippen LogP contribution in [0.1, 0.15) is 120 Å². The Balaban J connectivity index is 1.60. The van der Waals surface area contributed by atoms with Crippen LogP contribution in [0, 0.1) is 45.3 Å². The quantitative estimate of drug-likeness (QED) is 0.243. The van der Waals surface area contributed by atoms with E-state index in [4.69, 9.17) is 4.43 Å². The molecule has 0 aromatic heterocycles. The molecule has 4 aliphatic rings. The summed E-state index contributed by atoms with van der Waals surface area (Å²) in [5.74, 6) is 3.04. The largest absolute Gasteiger partial charge is 0.414 e. The molecule has 0 saturated heterocycles. The normalized spacial score (nSPS) is 41.1. The molecule has 1 nitrogen and oxygen atoms in total. The van der Waals surface area contributed by atoms with Crippen molar-refractivity contribution in [3.63, 3.8) is 0 Å². The highest BCUT2D eigenvalue weighted by molar-refractivity contribution is 6.69. The van der Waals surface area contributed by atoms with Gasteiger partial charge in [-0.15, -0.1) is 0 Å². The van der Waals surface area contributed by atoms with Crippen molar-refractivity contribution < 1.29 is 4.43 Å². The second kappa shape index (κ2) is 9.39. The van der Waals surface area contributed by atoms with Gasteiger partial charge in [0.2, 0.25) is 0 Å². The van der Waals surface area contributed by atoms with Crippen LogP contribution in [0.4, 0.5) is 0 Å². The Morgan fingerprint density at radius 2 is 1.58 bits per heavy atom. The van der Waals surface area contributed by atoms with Gasteiger partial charge < -0.3 is 4.43 Å². The molecular weight excluding hydrogens is 452 g/mol. The van der Waals surface area contributed by atoms with Gasteiger partial charge in [-0.25, -0.2) is 0 Å². The third-order valence-electron chi connectivity index (χ3n) is 12.7. The predicted molar refractivity (Wildman–Crippen MR) is 160 cm³/mol. The zero-order chi connectivity index (χ0) is 26.9. The molecule has 7 atom stereocenters. The molecule has 4 aliphatic carbocycles. The zero-order valence-electron chi connectivity index (χ0n) is 26.1. The zero-order valence-corrected chi connectivity index (χ0v) is 27.1. The van der Waals surface area contributed by atoms with Crippen LogP contribution in [-0.4, -0.2) is 14.4 Å². The molecule has 0 radical (unpaired) electrons. The molecule has 2 saturated carbocycles. The van der Waals surface area contributed by atoms with Crippen molar-refractivity contribution in [3.8, 4) is 0 Å². The Kier molecular flexibility index (Phi) is 7.48. The van der Waals surface area contributed by atoms with Crippen molar-refractivity contribution in [2.24, 2.45) is 45.3 Å². The lowest BCUT2D eigenvalue weighted by atomic mass is 9.43. The van der Waals surface area contributed by atoms with Crippen LogP contribution in [0.2, 0.25) is 19.6 Å². The van der Waals surface area contributed by atoms with Crippen molar-refractivity contribution in [1.29, 1.82) is 0 Å². The van der Waals surface area contributed by atoms with Crippen molar-refractivity contribution in [2.75, 3.05) is 0 Å². The lowest BCUT2D eigenvalue weighted by Crippen LogP contribution is -2.56. The Bertz CT molecular complexity index is 889. The van der Waals surface area contributed by atoms with Gasteiger partial charge in [0, 0.05) is 0 Å². The molecule has 2 heteroatoms. The maximum atomic E-state index is 6.84. The van der Waals surface area contributed by atoms with Crippen LogP contribution in [0.3, 0.4) is 0 Å². The molecule has 2 fully saturated rings. The Morgan fingerprint density at radius 1 is 0.917 bits per heavy atom. The van der Waals surface area contributed by atoms with Gasteiger partial charge in [0.15, 0.2) is 8.32 Å². The Morgan fingerprint density at radius 3 is 2.19 bits per heavy atom. The fraction of sp³-hybridized carbons (Fsp3) is 0.882. The highest BCUT2D eigenvalue weighted by Gasteiger charge is 2.63. The molecule has 0 N–H and O–H groups in total. The average Bonchev–Trinajstić information content (AvgIpc) is 3.04. The lowest BCUT2D eigenvalue weighted by Gasteiger charge is -2.63. The van der Waals surface area contributed by atoms with Gasteiger partial charge in [-0.1, -0.05) is 78.7 Å². The van der Waals surface area contributed by atoms with E-state index in [1.807, 2.05) is 11.1 Å². The molecule has 0 bridgehead atoms. The maximum absolute atomic E-state index is 6.84. The summed E-state index contributed by atoms with van der Waals surface area (Å²) >= 11 is 0. The van der Waals surface area contributed by atoms with E-state index in [2.05, 4.69) is 81.6 Å². The number of hydrogen-bond donors (Lipinski definition) is 0. The molecule has 36 heavy (non-hydrogen) atoms. The fourth-order valence-corrected chi connectivity index (χ4v) is 11.4. The molecule has 0 aromatic rings. The van der Waals surface area contributed by atoms with Crippen LogP contribution < -0.4 is 0 Å². The summed E-state index contributed by atoms with van der Waals surface area (Å²) in [6.07, 6.45) is 13.9. The van der Waals surface area contributed by atoms with Crippen LogP contribution in [0.15, 0.2) is 23.3 Å². The highest BCUT2D eigenvalue weighted by Crippen LogP contribution is 2.72. The van der Waals surface area contributed by atoms with Crippen LogP contribution in [-0.2, 0) is 4.43 Å². The molecule has 0 amide bonds. The molecule has 7 unspecified atom stereocenters. The standard InChI is InChI=1S/C34H60OSi/c1-23(2)24(3)13-14-25(4)26-17-21-34(9)28-15-16-29-31(5,6)30(35-36(10,11)12)19-20-32(29,7)27(28)18-22-33(26,34)8/h23,25-26,29-30H,3,13-22H2,1-2,4-12H3. The Labute approximate surface area is 226 Å². The van der Waals surface area contributed by atoms with E-state index in [0.717, 1.165) is 17.8 Å². The first kappa shape index (κ1) is 28.7. The topological polar surface area (TPSA) is 9.23 Å². The SMILES string of the molecule is C=C(CCC(C)C1CCC2(C)C3=C(CCC12C)C1(C)CCC(O[Si](C)(C)C)C(C)(C)C1CC3)C(C)C. The smallest absolute Gasteiger partial charge is 0.184 e. The molecule has 0 heterocycles. The predicted octanol–water partition coefficient (Wildman–Crippen LogP) is 10.6. The molecule has 4 rings (SSSR count). The van der Waals surface area contributed by atoms with E-state index in [1.54, 1.807) is 0 Å². The van der Waals surface area contributed by atoms with Crippen molar-refractivity contribution in [2.45, 2.75) is 145 Å². The van der Waals surface area contributed by atoms with Crippen molar-refractivity contribution in [1.82, 2.24) is 0 Å². The molecule has 0 aromatic carbocycles. The van der Waals surface area contributed by atoms with E-state index < -0.39 is 8.32 Å². The minimum atomic E-state index is -1.54. The van der Waals surface area contributed by atoms with Crippen molar-refractivity contribution in [3.05, 3.63) is 23.3 Å². The summed E-state index contributed by atoms with van der Waals surface area (Å²) in [6.45, 7) is 31.9. The second-order valence-electron chi connectivity index (χ2n) is 16.3. The van der Waals surface area contributed by atoms with Gasteiger partial charge >= 0.3 is 0 Å². The summed E-state index contributed by atoms with van der Waals surface area (Å²) in [6, 6.07) is 0. The van der Waals surface area contributed by atoms with E-state index in [1.165, 1.54) is 69.8 Å². The van der Waals surface area contributed by atoms with E-state index in [9.17, 15) is 0 Å². The summed E-state index contributed by atoms with van der Waals surface area (Å²) in [5, 5.41) is 0. The number of fused-ring (bicyclic) bond motifs is 4. The van der Waals surface area contributed by atoms with Gasteiger partial charge in [0.25, 0.3) is 0 Å². The lowest BCUT2D eigenvalue weighted by molar-refractivity contribution is -0.0885. The average molecular weight is 513 g/mol. The minimum Gasteiger partial charge on any atom is -0.414 e. The van der Waals surface area contributed by atoms with Crippen LogP contribution in [0.25, 0.3) is 0 Å². The van der Waals surface area contributed by atoms with E-state index in [0.29, 0.717) is 28.3 Å². The minimum absolute atomic E-state index is 0.263. The number of allylic oxidation sites excluding steroid dienone is 3. The Hall–Kier alpha value is -0.343. The third kappa shape index (κ3) is 4.47. The molecular formula is C34H60OSi. The molecule has 0 spiro atoms. The van der Waals surface area contributed by atoms with E-state index in [-0.39, 0.29) is 5.41 Å². The maximum Gasteiger partial charge on any atom is 0.184 e. The van der Waals surface area contributed by atoms with Gasteiger partial charge in [-0.05, 0) is 129 Å². The molecule has 0 aliphatic heterocycles. The van der Waals surface area contributed by atoms with Crippen LogP contribution >= 0.6 is 0 Å². The van der Waals surface area contributed by atoms with Gasteiger partial charge in [-0.2, -0.15) is 0 Å². The van der Waals surface area contributed by atoms with E-state index >= 15 is 0 Å². The highest BCUT2D eigenvalue weighted by atomic mass is 28.4. The monoisotopic (exact) mass is 512 g/mol. The van der Waals surface area contributed by atoms with Gasteiger partial charge in [-0.3, -0.25) is 0 Å². The van der Waals surface area contributed by atoms with Gasteiger partial charge in [0.1, 0.15) is 0 Å².